The first-order chi connectivity index (χ1) is 15.8. The van der Waals surface area contributed by atoms with E-state index in [1.807, 2.05) is 62.4 Å². The predicted octanol–water partition coefficient (Wildman–Crippen LogP) is 6.04. The van der Waals surface area contributed by atoms with Gasteiger partial charge in [-0.3, -0.25) is 14.6 Å². The Morgan fingerprint density at radius 1 is 1.03 bits per heavy atom. The van der Waals surface area contributed by atoms with Gasteiger partial charge in [0.1, 0.15) is 0 Å². The van der Waals surface area contributed by atoms with Crippen LogP contribution in [0.2, 0.25) is 0 Å². The molecule has 0 unspecified atom stereocenters. The summed E-state index contributed by atoms with van der Waals surface area (Å²) >= 11 is 0. The fourth-order valence-electron chi connectivity index (χ4n) is 3.30. The highest BCUT2D eigenvalue weighted by atomic mass is 16.2. The van der Waals surface area contributed by atoms with E-state index in [0.717, 1.165) is 28.8 Å². The van der Waals surface area contributed by atoms with Crippen LogP contribution >= 0.6 is 0 Å². The van der Waals surface area contributed by atoms with Gasteiger partial charge in [0.25, 0.3) is 5.91 Å². The Kier molecular flexibility index (Phi) is 10.0. The van der Waals surface area contributed by atoms with E-state index in [4.69, 9.17) is 0 Å². The zero-order chi connectivity index (χ0) is 24.4. The Labute approximate surface area is 198 Å². The number of carbonyl (C=O) groups excluding carboxylic acids is 2. The highest BCUT2D eigenvalue weighted by Gasteiger charge is 2.18. The Morgan fingerprint density at radius 2 is 1.76 bits per heavy atom. The number of anilines is 1. The number of hydrogen-bond acceptors (Lipinski definition) is 3. The molecule has 0 atom stereocenters. The van der Waals surface area contributed by atoms with Crippen LogP contribution in [0.5, 0.6) is 0 Å². The van der Waals surface area contributed by atoms with E-state index in [0.29, 0.717) is 35.8 Å². The predicted molar refractivity (Wildman–Crippen MR) is 138 cm³/mol. The van der Waals surface area contributed by atoms with Crippen LogP contribution < -0.4 is 10.6 Å². The van der Waals surface area contributed by atoms with Gasteiger partial charge in [-0.25, -0.2) is 0 Å². The van der Waals surface area contributed by atoms with E-state index in [-0.39, 0.29) is 11.8 Å². The standard InChI is InChI=1S/C25H29N3O2.C3H8/c1-5-11-26-24(29)20-13-23(27-15-20)22-14-21(10-9-17(22)4)28-25(30)19-8-6-7-18(12-19)16(2)3;1-3-2/h6-10,12-14,16H,5,11,15H2,1-4H3,(H,26,29)(H,28,30);3H2,1-2H3. The molecule has 1 heterocycles. The second kappa shape index (κ2) is 12.7. The van der Waals surface area contributed by atoms with Gasteiger partial charge in [0.05, 0.1) is 12.3 Å². The number of nitrogens with one attached hydrogen (secondary N) is 2. The van der Waals surface area contributed by atoms with Gasteiger partial charge in [0, 0.05) is 28.9 Å². The number of aliphatic imine (C=N–C) groups is 1. The molecule has 0 radical (unpaired) electrons. The first-order valence-electron chi connectivity index (χ1n) is 11.9. The van der Waals surface area contributed by atoms with Gasteiger partial charge in [-0.1, -0.05) is 59.2 Å². The van der Waals surface area contributed by atoms with Gasteiger partial charge in [-0.15, -0.1) is 0 Å². The molecule has 2 aromatic rings. The average molecular weight is 448 g/mol. The van der Waals surface area contributed by atoms with Gasteiger partial charge in [-0.2, -0.15) is 0 Å². The lowest BCUT2D eigenvalue weighted by molar-refractivity contribution is -0.117. The molecule has 0 bridgehead atoms. The summed E-state index contributed by atoms with van der Waals surface area (Å²) in [6.07, 6.45) is 3.98. The first-order valence-corrected chi connectivity index (χ1v) is 11.9. The molecule has 176 valence electrons. The van der Waals surface area contributed by atoms with Crippen molar-refractivity contribution in [1.82, 2.24) is 5.32 Å². The molecule has 3 rings (SSSR count). The van der Waals surface area contributed by atoms with Crippen molar-refractivity contribution >= 4 is 23.2 Å². The van der Waals surface area contributed by atoms with Crippen LogP contribution in [0.15, 0.2) is 59.1 Å². The maximum atomic E-state index is 12.7. The van der Waals surface area contributed by atoms with Crippen molar-refractivity contribution in [3.63, 3.8) is 0 Å². The van der Waals surface area contributed by atoms with Crippen molar-refractivity contribution in [3.05, 3.63) is 76.4 Å². The molecule has 1 aliphatic rings. The largest absolute Gasteiger partial charge is 0.352 e. The third-order valence-electron chi connectivity index (χ3n) is 5.14. The number of carbonyl (C=O) groups is 2. The summed E-state index contributed by atoms with van der Waals surface area (Å²) in [4.78, 5) is 29.5. The van der Waals surface area contributed by atoms with Crippen LogP contribution in [-0.4, -0.2) is 30.6 Å². The molecule has 0 aromatic heterocycles. The number of amides is 2. The van der Waals surface area contributed by atoms with Crippen LogP contribution in [0, 0.1) is 6.92 Å². The highest BCUT2D eigenvalue weighted by Crippen LogP contribution is 2.22. The molecular weight excluding hydrogens is 410 g/mol. The molecule has 0 fully saturated rings. The molecule has 0 spiro atoms. The Balaban J connectivity index is 0.00000122. The van der Waals surface area contributed by atoms with Gasteiger partial charge in [0.2, 0.25) is 5.91 Å². The topological polar surface area (TPSA) is 70.6 Å². The normalized spacial score (nSPS) is 12.5. The monoisotopic (exact) mass is 447 g/mol. The van der Waals surface area contributed by atoms with Crippen molar-refractivity contribution in [2.45, 2.75) is 60.3 Å². The Bertz CT molecular complexity index is 1040. The van der Waals surface area contributed by atoms with Crippen molar-refractivity contribution in [1.29, 1.82) is 0 Å². The number of allylic oxidation sites excluding steroid dienone is 1. The van der Waals surface area contributed by atoms with Crippen LogP contribution in [0.4, 0.5) is 5.69 Å². The van der Waals surface area contributed by atoms with Crippen LogP contribution in [0.25, 0.3) is 0 Å². The minimum atomic E-state index is -0.143. The van der Waals surface area contributed by atoms with E-state index in [1.165, 1.54) is 6.42 Å². The second-order valence-electron chi connectivity index (χ2n) is 8.60. The summed E-state index contributed by atoms with van der Waals surface area (Å²) in [5.41, 5.74) is 5.87. The summed E-state index contributed by atoms with van der Waals surface area (Å²) in [6.45, 7) is 13.5. The lowest BCUT2D eigenvalue weighted by atomic mass is 10.0. The van der Waals surface area contributed by atoms with Gasteiger partial charge >= 0.3 is 0 Å². The van der Waals surface area contributed by atoms with E-state index < -0.39 is 0 Å². The highest BCUT2D eigenvalue weighted by molar-refractivity contribution is 6.16. The second-order valence-corrected chi connectivity index (χ2v) is 8.60. The third-order valence-corrected chi connectivity index (χ3v) is 5.14. The third kappa shape index (κ3) is 7.41. The molecule has 5 heteroatoms. The molecule has 33 heavy (non-hydrogen) atoms. The van der Waals surface area contributed by atoms with Crippen molar-refractivity contribution in [2.24, 2.45) is 4.99 Å². The number of benzene rings is 2. The van der Waals surface area contributed by atoms with Crippen LogP contribution in [-0.2, 0) is 4.79 Å². The lowest BCUT2D eigenvalue weighted by Crippen LogP contribution is -2.26. The maximum absolute atomic E-state index is 12.7. The molecule has 0 saturated carbocycles. The summed E-state index contributed by atoms with van der Waals surface area (Å²) in [5, 5.41) is 5.87. The maximum Gasteiger partial charge on any atom is 0.255 e. The smallest absolute Gasteiger partial charge is 0.255 e. The molecule has 0 saturated heterocycles. The minimum absolute atomic E-state index is 0.0669. The molecular formula is C28H37N3O2. The van der Waals surface area contributed by atoms with Crippen molar-refractivity contribution in [3.8, 4) is 0 Å². The van der Waals surface area contributed by atoms with Crippen LogP contribution in [0.1, 0.15) is 80.4 Å². The Hall–Kier alpha value is -3.21. The molecule has 5 nitrogen and oxygen atoms in total. The quantitative estimate of drug-likeness (QED) is 0.543. The summed E-state index contributed by atoms with van der Waals surface area (Å²) in [7, 11) is 0. The fraction of sp³-hybridized carbons (Fsp3) is 0.393. The zero-order valence-electron chi connectivity index (χ0n) is 20.8. The Morgan fingerprint density at radius 3 is 2.42 bits per heavy atom. The zero-order valence-corrected chi connectivity index (χ0v) is 20.8. The van der Waals surface area contributed by atoms with E-state index in [2.05, 4.69) is 43.3 Å². The number of aryl methyl sites for hydroxylation is 1. The first kappa shape index (κ1) is 26.0. The van der Waals surface area contributed by atoms with Crippen molar-refractivity contribution < 1.29 is 9.59 Å². The van der Waals surface area contributed by atoms with Crippen LogP contribution in [0.3, 0.4) is 0 Å². The molecule has 2 aromatic carbocycles. The summed E-state index contributed by atoms with van der Waals surface area (Å²) < 4.78 is 0. The minimum Gasteiger partial charge on any atom is -0.352 e. The molecule has 1 aliphatic heterocycles. The van der Waals surface area contributed by atoms with E-state index >= 15 is 0 Å². The molecule has 2 N–H and O–H groups in total. The SMILES string of the molecule is CCC.CCCNC(=O)C1=CC(c2cc(NC(=O)c3cccc(C(C)C)c3)ccc2C)=NC1. The van der Waals surface area contributed by atoms with E-state index in [9.17, 15) is 9.59 Å². The van der Waals surface area contributed by atoms with Crippen molar-refractivity contribution in [2.75, 3.05) is 18.4 Å². The number of rotatable bonds is 7. The number of hydrogen-bond donors (Lipinski definition) is 2. The van der Waals surface area contributed by atoms with Gasteiger partial charge < -0.3 is 10.6 Å². The molecule has 2 amide bonds. The fourth-order valence-corrected chi connectivity index (χ4v) is 3.30. The van der Waals surface area contributed by atoms with Gasteiger partial charge in [-0.05, 0) is 60.7 Å². The van der Waals surface area contributed by atoms with E-state index in [1.54, 1.807) is 0 Å². The summed E-state index contributed by atoms with van der Waals surface area (Å²) in [5.74, 6) is 0.151. The average Bonchev–Trinajstić information content (AvgIpc) is 3.29. The lowest BCUT2D eigenvalue weighted by Gasteiger charge is -2.11. The number of nitrogens with zero attached hydrogens (tertiary/aromatic N) is 1. The van der Waals surface area contributed by atoms with Gasteiger partial charge in [0.15, 0.2) is 0 Å². The molecule has 0 aliphatic carbocycles. The summed E-state index contributed by atoms with van der Waals surface area (Å²) in [6, 6.07) is 13.5.